The molecule has 1 aromatic heterocycles. The van der Waals surface area contributed by atoms with E-state index in [0.717, 1.165) is 42.1 Å². The minimum atomic E-state index is -4.62. The molecule has 0 spiro atoms. The van der Waals surface area contributed by atoms with Crippen LogP contribution in [0.25, 0.3) is 0 Å². The predicted molar refractivity (Wildman–Crippen MR) is 119 cm³/mol. The lowest BCUT2D eigenvalue weighted by Crippen LogP contribution is -2.35. The zero-order chi connectivity index (χ0) is 24.7. The first kappa shape index (κ1) is 24.1. The second kappa shape index (κ2) is 8.96. The molecule has 1 aliphatic carbocycles. The maximum absolute atomic E-state index is 13.2. The fraction of sp³-hybridized carbons (Fsp3) is 0.542. The third-order valence-electron chi connectivity index (χ3n) is 6.14. The molecule has 1 fully saturated rings. The molecule has 2 aliphatic rings. The van der Waals surface area contributed by atoms with Crippen LogP contribution in [0.4, 0.5) is 23.7 Å². The van der Waals surface area contributed by atoms with Gasteiger partial charge in [0.2, 0.25) is 0 Å². The van der Waals surface area contributed by atoms with Crippen molar-refractivity contribution in [2.75, 3.05) is 11.4 Å². The highest BCUT2D eigenvalue weighted by Crippen LogP contribution is 2.33. The number of fused-ring (bicyclic) bond motifs is 1. The highest BCUT2D eigenvalue weighted by Gasteiger charge is 2.36. The van der Waals surface area contributed by atoms with Crippen molar-refractivity contribution in [2.24, 2.45) is 5.92 Å². The fourth-order valence-electron chi connectivity index (χ4n) is 4.24. The Hall–Kier alpha value is -3.04. The SMILES string of the molecule is CC(C)(C)OC(=O)N1CCc2c(CNC(=O)c3cc(C(F)(F)F)nn3CC3CCC3)cccc21. The Bertz CT molecular complexity index is 1080. The Kier molecular flexibility index (Phi) is 6.35. The number of amides is 2. The van der Waals surface area contributed by atoms with Crippen molar-refractivity contribution in [3.05, 3.63) is 46.8 Å². The Balaban J connectivity index is 1.49. The van der Waals surface area contributed by atoms with E-state index < -0.39 is 29.5 Å². The van der Waals surface area contributed by atoms with Gasteiger partial charge in [-0.3, -0.25) is 14.4 Å². The summed E-state index contributed by atoms with van der Waals surface area (Å²) in [7, 11) is 0. The van der Waals surface area contributed by atoms with Gasteiger partial charge in [-0.15, -0.1) is 0 Å². The van der Waals surface area contributed by atoms with Crippen LogP contribution in [-0.2, 0) is 30.4 Å². The van der Waals surface area contributed by atoms with E-state index in [1.54, 1.807) is 31.7 Å². The molecule has 0 atom stereocenters. The van der Waals surface area contributed by atoms with Gasteiger partial charge in [0.25, 0.3) is 5.91 Å². The molecule has 0 saturated heterocycles. The molecule has 0 bridgehead atoms. The molecule has 10 heteroatoms. The van der Waals surface area contributed by atoms with E-state index in [4.69, 9.17) is 4.74 Å². The van der Waals surface area contributed by atoms with Gasteiger partial charge in [0.15, 0.2) is 5.69 Å². The summed E-state index contributed by atoms with van der Waals surface area (Å²) < 4.78 is 46.4. The first-order valence-corrected chi connectivity index (χ1v) is 11.5. The summed E-state index contributed by atoms with van der Waals surface area (Å²) in [6.45, 7) is 6.28. The van der Waals surface area contributed by atoms with E-state index in [2.05, 4.69) is 10.4 Å². The predicted octanol–water partition coefficient (Wildman–Crippen LogP) is 4.93. The number of carbonyl (C=O) groups excluding carboxylic acids is 2. The highest BCUT2D eigenvalue weighted by molar-refractivity contribution is 5.93. The number of anilines is 1. The van der Waals surface area contributed by atoms with Crippen LogP contribution in [-0.4, -0.2) is 33.9 Å². The van der Waals surface area contributed by atoms with Crippen LogP contribution in [0.1, 0.15) is 67.3 Å². The average Bonchev–Trinajstić information content (AvgIpc) is 3.32. The summed E-state index contributed by atoms with van der Waals surface area (Å²) in [4.78, 5) is 27.0. The number of hydrogen-bond donors (Lipinski definition) is 1. The average molecular weight is 479 g/mol. The van der Waals surface area contributed by atoms with Crippen molar-refractivity contribution in [1.82, 2.24) is 15.1 Å². The highest BCUT2D eigenvalue weighted by atomic mass is 19.4. The molecule has 1 N–H and O–H groups in total. The van der Waals surface area contributed by atoms with Crippen molar-refractivity contribution < 1.29 is 27.5 Å². The van der Waals surface area contributed by atoms with Crippen LogP contribution in [0.15, 0.2) is 24.3 Å². The normalized spacial score (nSPS) is 16.2. The Labute approximate surface area is 196 Å². The van der Waals surface area contributed by atoms with Crippen molar-refractivity contribution in [3.8, 4) is 0 Å². The number of ether oxygens (including phenoxy) is 1. The standard InChI is InChI=1S/C24H29F3N4O3/c1-23(2,3)34-22(33)30-11-10-17-16(8-5-9-18(17)30)13-28-21(32)19-12-20(24(25,26)27)29-31(19)14-15-6-4-7-15/h5,8-9,12,15H,4,6-7,10-11,13-14H2,1-3H3,(H,28,32). The molecule has 4 rings (SSSR count). The lowest BCUT2D eigenvalue weighted by molar-refractivity contribution is -0.141. The quantitative estimate of drug-likeness (QED) is 0.661. The smallest absolute Gasteiger partial charge is 0.435 e. The van der Waals surface area contributed by atoms with Gasteiger partial charge >= 0.3 is 12.3 Å². The molecule has 184 valence electrons. The van der Waals surface area contributed by atoms with Crippen LogP contribution in [0.2, 0.25) is 0 Å². The molecule has 7 nitrogen and oxygen atoms in total. The van der Waals surface area contributed by atoms with Gasteiger partial charge < -0.3 is 10.1 Å². The van der Waals surface area contributed by atoms with Crippen molar-refractivity contribution in [2.45, 2.75) is 71.3 Å². The Morgan fingerprint density at radius 2 is 1.94 bits per heavy atom. The van der Waals surface area contributed by atoms with Gasteiger partial charge in [0.1, 0.15) is 11.3 Å². The zero-order valence-corrected chi connectivity index (χ0v) is 19.5. The van der Waals surface area contributed by atoms with Gasteiger partial charge in [-0.05, 0) is 63.1 Å². The maximum Gasteiger partial charge on any atom is 0.435 e. The topological polar surface area (TPSA) is 76.5 Å². The molecule has 2 amide bonds. The minimum Gasteiger partial charge on any atom is -0.443 e. The van der Waals surface area contributed by atoms with E-state index >= 15 is 0 Å². The molecule has 1 aromatic carbocycles. The molecule has 0 radical (unpaired) electrons. The van der Waals surface area contributed by atoms with Crippen molar-refractivity contribution in [1.29, 1.82) is 0 Å². The van der Waals surface area contributed by atoms with Crippen LogP contribution in [0.3, 0.4) is 0 Å². The summed E-state index contributed by atoms with van der Waals surface area (Å²) in [5.74, 6) is -0.370. The number of aromatic nitrogens is 2. The molecular weight excluding hydrogens is 449 g/mol. The van der Waals surface area contributed by atoms with Crippen LogP contribution < -0.4 is 10.2 Å². The number of nitrogens with zero attached hydrogens (tertiary/aromatic N) is 3. The second-order valence-corrected chi connectivity index (χ2v) is 9.87. The number of alkyl halides is 3. The molecule has 2 aromatic rings. The first-order valence-electron chi connectivity index (χ1n) is 11.5. The number of hydrogen-bond acceptors (Lipinski definition) is 4. The van der Waals surface area contributed by atoms with Crippen LogP contribution in [0, 0.1) is 5.92 Å². The number of rotatable bonds is 5. The second-order valence-electron chi connectivity index (χ2n) is 9.87. The summed E-state index contributed by atoms with van der Waals surface area (Å²) in [5.41, 5.74) is 0.650. The number of benzene rings is 1. The zero-order valence-electron chi connectivity index (χ0n) is 19.5. The van der Waals surface area contributed by atoms with E-state index in [0.29, 0.717) is 19.5 Å². The van der Waals surface area contributed by atoms with Crippen molar-refractivity contribution in [3.63, 3.8) is 0 Å². The van der Waals surface area contributed by atoms with E-state index in [-0.39, 0.29) is 18.2 Å². The van der Waals surface area contributed by atoms with Gasteiger partial charge in [-0.2, -0.15) is 18.3 Å². The van der Waals surface area contributed by atoms with Crippen molar-refractivity contribution >= 4 is 17.7 Å². The van der Waals surface area contributed by atoms with Gasteiger partial charge in [-0.25, -0.2) is 4.79 Å². The monoisotopic (exact) mass is 478 g/mol. The Morgan fingerprint density at radius 3 is 2.56 bits per heavy atom. The maximum atomic E-state index is 13.2. The summed E-state index contributed by atoms with van der Waals surface area (Å²) in [6.07, 6.45) is -1.57. The summed E-state index contributed by atoms with van der Waals surface area (Å²) in [6, 6.07) is 6.25. The molecule has 0 unspecified atom stereocenters. The molecule has 34 heavy (non-hydrogen) atoms. The van der Waals surface area contributed by atoms with Gasteiger partial charge in [0, 0.05) is 25.7 Å². The van der Waals surface area contributed by atoms with E-state index in [9.17, 15) is 22.8 Å². The Morgan fingerprint density at radius 1 is 1.21 bits per heavy atom. The van der Waals surface area contributed by atoms with Crippen LogP contribution >= 0.6 is 0 Å². The third kappa shape index (κ3) is 5.20. The molecule has 1 saturated carbocycles. The minimum absolute atomic E-state index is 0.0952. The molecule has 1 aliphatic heterocycles. The lowest BCUT2D eigenvalue weighted by atomic mass is 9.85. The molecule has 2 heterocycles. The summed E-state index contributed by atoms with van der Waals surface area (Å²) in [5, 5.41) is 6.41. The fourth-order valence-corrected chi connectivity index (χ4v) is 4.24. The van der Waals surface area contributed by atoms with Crippen LogP contribution in [0.5, 0.6) is 0 Å². The molecular formula is C24H29F3N4O3. The number of halogens is 3. The number of nitrogens with one attached hydrogen (secondary N) is 1. The first-order chi connectivity index (χ1) is 15.9. The van der Waals surface area contributed by atoms with Gasteiger partial charge in [-0.1, -0.05) is 18.6 Å². The summed E-state index contributed by atoms with van der Waals surface area (Å²) >= 11 is 0. The number of carbonyl (C=O) groups is 2. The van der Waals surface area contributed by atoms with Gasteiger partial charge in [0.05, 0.1) is 5.69 Å². The lowest BCUT2D eigenvalue weighted by Gasteiger charge is -2.25. The third-order valence-corrected chi connectivity index (χ3v) is 6.14. The van der Waals surface area contributed by atoms with E-state index in [1.165, 1.54) is 4.68 Å². The largest absolute Gasteiger partial charge is 0.443 e. The van der Waals surface area contributed by atoms with E-state index in [1.807, 2.05) is 12.1 Å².